The standard InChI is InChI=1S/C12H19NO3.C7H15NO2/c1-2-11(14)13-9-6-4-3-5-8(9)7-10(13)12(15)16;1-3-5-6(8)7(9)10-4-2/h8-10H,2-7H2,1H3,(H,15,16);6H,3-5,8H2,1-2H3. The highest BCUT2D eigenvalue weighted by atomic mass is 16.5. The van der Waals surface area contributed by atoms with E-state index in [1.807, 2.05) is 6.92 Å². The summed E-state index contributed by atoms with van der Waals surface area (Å²) in [6.45, 7) is 5.98. The Kier molecular flexibility index (Phi) is 9.62. The second-order valence-corrected chi connectivity index (χ2v) is 7.00. The highest BCUT2D eigenvalue weighted by Gasteiger charge is 2.46. The normalized spacial score (nSPS) is 25.5. The Bertz CT molecular complexity index is 483. The molecular formula is C19H34N2O5. The van der Waals surface area contributed by atoms with Crippen molar-refractivity contribution in [2.24, 2.45) is 11.7 Å². The Hall–Kier alpha value is -1.63. The summed E-state index contributed by atoms with van der Waals surface area (Å²) in [5.41, 5.74) is 5.44. The van der Waals surface area contributed by atoms with E-state index in [-0.39, 0.29) is 17.9 Å². The molecule has 2 rings (SSSR count). The van der Waals surface area contributed by atoms with E-state index < -0.39 is 18.1 Å². The molecule has 150 valence electrons. The van der Waals surface area contributed by atoms with Gasteiger partial charge in [0.2, 0.25) is 5.91 Å². The SMILES string of the molecule is CCC(=O)N1C(C(=O)O)CC2CCCCC21.CCCC(N)C(=O)OCC. The van der Waals surface area contributed by atoms with Crippen molar-refractivity contribution in [3.63, 3.8) is 0 Å². The van der Waals surface area contributed by atoms with Gasteiger partial charge in [-0.05, 0) is 38.5 Å². The average molecular weight is 370 g/mol. The molecule has 0 aromatic rings. The molecule has 0 radical (unpaired) electrons. The third-order valence-corrected chi connectivity index (χ3v) is 5.15. The Labute approximate surface area is 156 Å². The van der Waals surface area contributed by atoms with E-state index in [9.17, 15) is 19.5 Å². The second-order valence-electron chi connectivity index (χ2n) is 7.00. The number of nitrogens with two attached hydrogens (primary N) is 1. The minimum absolute atomic E-state index is 0.00167. The lowest BCUT2D eigenvalue weighted by Gasteiger charge is -2.32. The Balaban J connectivity index is 0.000000294. The van der Waals surface area contributed by atoms with Crippen LogP contribution in [-0.4, -0.2) is 52.6 Å². The number of esters is 1. The quantitative estimate of drug-likeness (QED) is 0.694. The number of aliphatic carboxylic acids is 1. The number of carboxylic acids is 1. The van der Waals surface area contributed by atoms with Crippen LogP contribution in [0.3, 0.4) is 0 Å². The van der Waals surface area contributed by atoms with Gasteiger partial charge in [0.1, 0.15) is 12.1 Å². The van der Waals surface area contributed by atoms with E-state index in [0.717, 1.165) is 25.7 Å². The number of rotatable bonds is 6. The van der Waals surface area contributed by atoms with Crippen molar-refractivity contribution in [2.45, 2.75) is 90.3 Å². The zero-order chi connectivity index (χ0) is 19.7. The van der Waals surface area contributed by atoms with Crippen molar-refractivity contribution in [1.82, 2.24) is 4.90 Å². The summed E-state index contributed by atoms with van der Waals surface area (Å²) in [6.07, 6.45) is 7.07. The highest BCUT2D eigenvalue weighted by molar-refractivity contribution is 5.84. The van der Waals surface area contributed by atoms with Crippen LogP contribution in [0.25, 0.3) is 0 Å². The molecule has 0 bridgehead atoms. The van der Waals surface area contributed by atoms with Crippen LogP contribution in [0.1, 0.15) is 72.1 Å². The molecule has 4 unspecified atom stereocenters. The van der Waals surface area contributed by atoms with Gasteiger partial charge in [-0.2, -0.15) is 0 Å². The molecule has 3 N–H and O–H groups in total. The summed E-state index contributed by atoms with van der Waals surface area (Å²) < 4.78 is 4.69. The van der Waals surface area contributed by atoms with Crippen LogP contribution in [0.5, 0.6) is 0 Å². The molecule has 7 nitrogen and oxygen atoms in total. The molecule has 0 aromatic heterocycles. The largest absolute Gasteiger partial charge is 0.480 e. The first-order valence-corrected chi connectivity index (χ1v) is 9.83. The third kappa shape index (κ3) is 5.97. The van der Waals surface area contributed by atoms with E-state index in [0.29, 0.717) is 31.8 Å². The van der Waals surface area contributed by atoms with Crippen molar-refractivity contribution in [3.8, 4) is 0 Å². The lowest BCUT2D eigenvalue weighted by atomic mass is 9.85. The molecule has 1 aliphatic carbocycles. The summed E-state index contributed by atoms with van der Waals surface area (Å²) in [4.78, 5) is 35.5. The fraction of sp³-hybridized carbons (Fsp3) is 0.842. The predicted molar refractivity (Wildman–Crippen MR) is 98.4 cm³/mol. The van der Waals surface area contributed by atoms with E-state index in [4.69, 9.17) is 10.5 Å². The molecule has 0 spiro atoms. The van der Waals surface area contributed by atoms with Gasteiger partial charge >= 0.3 is 11.9 Å². The molecule has 26 heavy (non-hydrogen) atoms. The van der Waals surface area contributed by atoms with E-state index in [2.05, 4.69) is 0 Å². The van der Waals surface area contributed by atoms with E-state index in [1.165, 1.54) is 6.42 Å². The highest BCUT2D eigenvalue weighted by Crippen LogP contribution is 2.40. The average Bonchev–Trinajstić information content (AvgIpc) is 3.02. The Morgan fingerprint density at radius 1 is 1.19 bits per heavy atom. The molecular weight excluding hydrogens is 336 g/mol. The van der Waals surface area contributed by atoms with Gasteiger partial charge in [0.15, 0.2) is 0 Å². The predicted octanol–water partition coefficient (Wildman–Crippen LogP) is 2.32. The first-order valence-electron chi connectivity index (χ1n) is 9.83. The number of fused-ring (bicyclic) bond motifs is 1. The van der Waals surface area contributed by atoms with Crippen LogP contribution < -0.4 is 5.73 Å². The summed E-state index contributed by atoms with van der Waals surface area (Å²) >= 11 is 0. The molecule has 1 heterocycles. The summed E-state index contributed by atoms with van der Waals surface area (Å²) in [5, 5.41) is 9.18. The molecule has 2 aliphatic rings. The van der Waals surface area contributed by atoms with Crippen molar-refractivity contribution in [2.75, 3.05) is 6.61 Å². The Morgan fingerprint density at radius 2 is 1.85 bits per heavy atom. The monoisotopic (exact) mass is 370 g/mol. The van der Waals surface area contributed by atoms with Crippen LogP contribution >= 0.6 is 0 Å². The molecule has 2 fully saturated rings. The van der Waals surface area contributed by atoms with Crippen LogP contribution in [-0.2, 0) is 19.1 Å². The molecule has 0 aromatic carbocycles. The maximum atomic E-state index is 11.8. The lowest BCUT2D eigenvalue weighted by Crippen LogP contribution is -2.45. The van der Waals surface area contributed by atoms with Crippen molar-refractivity contribution >= 4 is 17.8 Å². The van der Waals surface area contributed by atoms with Crippen molar-refractivity contribution in [1.29, 1.82) is 0 Å². The minimum atomic E-state index is -0.837. The number of hydrogen-bond donors (Lipinski definition) is 2. The number of nitrogens with zero attached hydrogens (tertiary/aromatic N) is 1. The van der Waals surface area contributed by atoms with Gasteiger partial charge in [-0.15, -0.1) is 0 Å². The number of amides is 1. The third-order valence-electron chi connectivity index (χ3n) is 5.15. The van der Waals surface area contributed by atoms with Gasteiger partial charge < -0.3 is 20.5 Å². The number of carboxylic acid groups (broad SMARTS) is 1. The topological polar surface area (TPSA) is 110 Å². The van der Waals surface area contributed by atoms with E-state index in [1.54, 1.807) is 18.7 Å². The zero-order valence-electron chi connectivity index (χ0n) is 16.3. The molecule has 1 saturated heterocycles. The molecule has 1 amide bonds. The minimum Gasteiger partial charge on any atom is -0.480 e. The van der Waals surface area contributed by atoms with Gasteiger partial charge in [-0.25, -0.2) is 4.79 Å². The van der Waals surface area contributed by atoms with E-state index >= 15 is 0 Å². The van der Waals surface area contributed by atoms with Crippen LogP contribution in [0.15, 0.2) is 0 Å². The first kappa shape index (κ1) is 22.4. The summed E-state index contributed by atoms with van der Waals surface area (Å²) in [6, 6.07) is -0.798. The Morgan fingerprint density at radius 3 is 2.38 bits per heavy atom. The fourth-order valence-corrected chi connectivity index (χ4v) is 3.90. The lowest BCUT2D eigenvalue weighted by molar-refractivity contribution is -0.149. The van der Waals surface area contributed by atoms with Crippen molar-refractivity contribution in [3.05, 3.63) is 0 Å². The number of carbonyl (C=O) groups is 3. The molecule has 7 heteroatoms. The van der Waals surface area contributed by atoms with Crippen LogP contribution in [0.4, 0.5) is 0 Å². The van der Waals surface area contributed by atoms with Gasteiger partial charge in [0.25, 0.3) is 0 Å². The number of ether oxygens (including phenoxy) is 1. The van der Waals surface area contributed by atoms with Crippen LogP contribution in [0.2, 0.25) is 0 Å². The van der Waals surface area contributed by atoms with Gasteiger partial charge in [-0.1, -0.05) is 33.1 Å². The van der Waals surface area contributed by atoms with Crippen LogP contribution in [0, 0.1) is 5.92 Å². The van der Waals surface area contributed by atoms with Gasteiger partial charge in [0.05, 0.1) is 6.61 Å². The fourth-order valence-electron chi connectivity index (χ4n) is 3.90. The van der Waals surface area contributed by atoms with Crippen molar-refractivity contribution < 1.29 is 24.2 Å². The maximum absolute atomic E-state index is 11.8. The first-order chi connectivity index (χ1) is 12.4. The number of hydrogen-bond acceptors (Lipinski definition) is 5. The molecule has 1 aliphatic heterocycles. The van der Waals surface area contributed by atoms with Gasteiger partial charge in [-0.3, -0.25) is 9.59 Å². The van der Waals surface area contributed by atoms with Gasteiger partial charge in [0, 0.05) is 12.5 Å². The second kappa shape index (κ2) is 11.2. The summed E-state index contributed by atoms with van der Waals surface area (Å²) in [5.74, 6) is -0.701. The number of likely N-dealkylation sites (tertiary alicyclic amines) is 1. The maximum Gasteiger partial charge on any atom is 0.326 e. The summed E-state index contributed by atoms with van der Waals surface area (Å²) in [7, 11) is 0. The number of carbonyl (C=O) groups excluding carboxylic acids is 2. The molecule has 1 saturated carbocycles. The smallest absolute Gasteiger partial charge is 0.326 e. The molecule has 4 atom stereocenters. The zero-order valence-corrected chi connectivity index (χ0v) is 16.3.